The van der Waals surface area contributed by atoms with Crippen LogP contribution in [0.2, 0.25) is 0 Å². The van der Waals surface area contributed by atoms with Crippen LogP contribution in [0.15, 0.2) is 12.4 Å². The van der Waals surface area contributed by atoms with Gasteiger partial charge in [0.2, 0.25) is 0 Å². The summed E-state index contributed by atoms with van der Waals surface area (Å²) in [4.78, 5) is 14.4. The van der Waals surface area contributed by atoms with Crippen LogP contribution in [0.4, 0.5) is 0 Å². The summed E-state index contributed by atoms with van der Waals surface area (Å²) in [5, 5.41) is 0. The predicted molar refractivity (Wildman–Crippen MR) is 33.2 cm³/mol. The third kappa shape index (κ3) is 2.18. The lowest BCUT2D eigenvalue weighted by Gasteiger charge is -2.02. The molecule has 0 saturated heterocycles. The molecule has 1 atom stereocenters. The van der Waals surface area contributed by atoms with Crippen LogP contribution in [0.1, 0.15) is 0 Å². The van der Waals surface area contributed by atoms with Crippen molar-refractivity contribution in [1.29, 1.82) is 0 Å². The van der Waals surface area contributed by atoms with Gasteiger partial charge in [0.1, 0.15) is 0 Å². The van der Waals surface area contributed by atoms with Gasteiger partial charge in [0, 0.05) is 12.4 Å². The number of aromatic amines is 1. The molecule has 0 amide bonds. The monoisotopic (exact) mass is 163 g/mol. The maximum absolute atomic E-state index is 10.3. The Kier molecular flexibility index (Phi) is 1.76. The Morgan fingerprint density at radius 1 is 1.90 bits per heavy atom. The molecule has 0 aliphatic rings. The standard InChI is InChI=1S/C3H6N3O3P/c4-10(7,8)9-3-5-1-2-6-3/h1-2H,(H,5,6)(H3,4,7,8). The van der Waals surface area contributed by atoms with E-state index in [1.165, 1.54) is 12.4 Å². The van der Waals surface area contributed by atoms with Crippen LogP contribution in [0, 0.1) is 0 Å². The van der Waals surface area contributed by atoms with E-state index in [1.54, 1.807) is 0 Å². The summed E-state index contributed by atoms with van der Waals surface area (Å²) in [5.41, 5.74) is 4.66. The van der Waals surface area contributed by atoms with Gasteiger partial charge in [-0.05, 0) is 0 Å². The molecular formula is C3H6N3O3P. The number of aromatic nitrogens is 2. The molecule has 0 bridgehead atoms. The smallest absolute Gasteiger partial charge is 0.379 e. The summed E-state index contributed by atoms with van der Waals surface area (Å²) in [7, 11) is -3.95. The largest absolute Gasteiger partial charge is 0.455 e. The molecule has 7 heteroatoms. The average molecular weight is 163 g/mol. The normalized spacial score (nSPS) is 16.2. The first-order valence-electron chi connectivity index (χ1n) is 2.38. The molecule has 4 N–H and O–H groups in total. The first kappa shape index (κ1) is 7.27. The van der Waals surface area contributed by atoms with Crippen molar-refractivity contribution in [2.75, 3.05) is 0 Å². The minimum atomic E-state index is -3.95. The van der Waals surface area contributed by atoms with Gasteiger partial charge in [0.05, 0.1) is 0 Å². The predicted octanol–water partition coefficient (Wildman–Crippen LogP) is -0.152. The highest BCUT2D eigenvalue weighted by molar-refractivity contribution is 7.50. The van der Waals surface area contributed by atoms with E-state index in [0.29, 0.717) is 0 Å². The van der Waals surface area contributed by atoms with Crippen LogP contribution in [-0.2, 0) is 4.57 Å². The van der Waals surface area contributed by atoms with Crippen LogP contribution in [-0.4, -0.2) is 14.9 Å². The highest BCUT2D eigenvalue weighted by atomic mass is 31.2. The summed E-state index contributed by atoms with van der Waals surface area (Å²) >= 11 is 0. The summed E-state index contributed by atoms with van der Waals surface area (Å²) in [5.74, 6) is 0. The molecule has 6 nitrogen and oxygen atoms in total. The van der Waals surface area contributed by atoms with Crippen LogP contribution in [0.25, 0.3) is 0 Å². The van der Waals surface area contributed by atoms with Gasteiger partial charge in [0.15, 0.2) is 0 Å². The number of hydrogen-bond acceptors (Lipinski definition) is 3. The average Bonchev–Trinajstić information content (AvgIpc) is 2.12. The Labute approximate surface area is 56.6 Å². The molecule has 10 heavy (non-hydrogen) atoms. The number of imidazole rings is 1. The van der Waals surface area contributed by atoms with E-state index in [9.17, 15) is 4.57 Å². The Morgan fingerprint density at radius 3 is 3.00 bits per heavy atom. The number of rotatable bonds is 2. The van der Waals surface area contributed by atoms with Gasteiger partial charge < -0.3 is 14.4 Å². The molecule has 56 valence electrons. The number of nitrogens with zero attached hydrogens (tertiary/aromatic N) is 1. The van der Waals surface area contributed by atoms with Crippen molar-refractivity contribution in [2.45, 2.75) is 0 Å². The molecule has 0 spiro atoms. The van der Waals surface area contributed by atoms with Crippen molar-refractivity contribution in [3.8, 4) is 6.01 Å². The van der Waals surface area contributed by atoms with Gasteiger partial charge in [-0.1, -0.05) is 0 Å². The van der Waals surface area contributed by atoms with E-state index in [0.717, 1.165) is 0 Å². The van der Waals surface area contributed by atoms with Gasteiger partial charge in [-0.25, -0.2) is 15.1 Å². The van der Waals surface area contributed by atoms with Gasteiger partial charge in [0.25, 0.3) is 0 Å². The molecule has 1 aromatic rings. The summed E-state index contributed by atoms with van der Waals surface area (Å²) in [6, 6.07) is -0.0617. The van der Waals surface area contributed by atoms with Crippen LogP contribution >= 0.6 is 7.75 Å². The number of nitrogens with two attached hydrogens (primary N) is 1. The van der Waals surface area contributed by atoms with Crippen molar-refractivity contribution in [1.82, 2.24) is 9.97 Å². The number of H-pyrrole nitrogens is 1. The van der Waals surface area contributed by atoms with E-state index in [4.69, 9.17) is 4.89 Å². The first-order chi connectivity index (χ1) is 4.58. The van der Waals surface area contributed by atoms with E-state index >= 15 is 0 Å². The second-order valence-electron chi connectivity index (χ2n) is 1.55. The van der Waals surface area contributed by atoms with E-state index < -0.39 is 7.75 Å². The molecule has 1 heterocycles. The Bertz CT molecular complexity index is 240. The molecule has 1 unspecified atom stereocenters. The van der Waals surface area contributed by atoms with E-state index in [1.807, 2.05) is 0 Å². The zero-order valence-electron chi connectivity index (χ0n) is 4.89. The lowest BCUT2D eigenvalue weighted by molar-refractivity contribution is 0.370. The van der Waals surface area contributed by atoms with Crippen LogP contribution in [0.5, 0.6) is 6.01 Å². The first-order valence-corrected chi connectivity index (χ1v) is 4.03. The fourth-order valence-electron chi connectivity index (χ4n) is 0.425. The maximum Gasteiger partial charge on any atom is 0.455 e. The molecule has 1 rings (SSSR count). The van der Waals surface area contributed by atoms with Crippen molar-refractivity contribution in [3.05, 3.63) is 12.4 Å². The van der Waals surface area contributed by atoms with Crippen LogP contribution < -0.4 is 10.0 Å². The molecule has 0 aliphatic carbocycles. The molecule has 0 saturated carbocycles. The second-order valence-corrected chi connectivity index (χ2v) is 2.86. The minimum absolute atomic E-state index is 0.0617. The van der Waals surface area contributed by atoms with Crippen molar-refractivity contribution in [2.24, 2.45) is 5.50 Å². The Hall–Kier alpha value is -0.840. The zero-order chi connectivity index (χ0) is 7.61. The topological polar surface area (TPSA) is 101 Å². The number of nitrogens with one attached hydrogen (secondary N) is 1. The molecular weight excluding hydrogens is 157 g/mol. The Balaban J connectivity index is 2.66. The van der Waals surface area contributed by atoms with Crippen molar-refractivity contribution >= 4 is 7.75 Å². The van der Waals surface area contributed by atoms with Gasteiger partial charge in [-0.2, -0.15) is 0 Å². The van der Waals surface area contributed by atoms with E-state index in [2.05, 4.69) is 20.0 Å². The minimum Gasteiger partial charge on any atom is -0.379 e. The molecule has 0 fully saturated rings. The highest BCUT2D eigenvalue weighted by Crippen LogP contribution is 2.30. The summed E-state index contributed by atoms with van der Waals surface area (Å²) in [6.45, 7) is 0. The summed E-state index contributed by atoms with van der Waals surface area (Å²) in [6.07, 6.45) is 2.83. The zero-order valence-corrected chi connectivity index (χ0v) is 5.78. The van der Waals surface area contributed by atoms with Crippen molar-refractivity contribution < 1.29 is 14.0 Å². The van der Waals surface area contributed by atoms with E-state index in [-0.39, 0.29) is 6.01 Å². The summed E-state index contributed by atoms with van der Waals surface area (Å²) < 4.78 is 14.6. The Morgan fingerprint density at radius 2 is 2.60 bits per heavy atom. The highest BCUT2D eigenvalue weighted by Gasteiger charge is 2.13. The second kappa shape index (κ2) is 2.42. The lowest BCUT2D eigenvalue weighted by atomic mass is 11.0. The molecule has 0 aromatic carbocycles. The van der Waals surface area contributed by atoms with Gasteiger partial charge >= 0.3 is 13.8 Å². The van der Waals surface area contributed by atoms with Gasteiger partial charge in [-0.3, -0.25) is 0 Å². The van der Waals surface area contributed by atoms with Crippen molar-refractivity contribution in [3.63, 3.8) is 0 Å². The third-order valence-corrected chi connectivity index (χ3v) is 1.12. The quantitative estimate of drug-likeness (QED) is 0.526. The molecule has 0 radical (unpaired) electrons. The maximum atomic E-state index is 10.3. The molecule has 0 aliphatic heterocycles. The lowest BCUT2D eigenvalue weighted by Crippen LogP contribution is -2.01. The molecule has 1 aromatic heterocycles. The fourth-order valence-corrected chi connectivity index (χ4v) is 0.772. The third-order valence-electron chi connectivity index (χ3n) is 0.690. The fraction of sp³-hybridized carbons (Fsp3) is 0. The van der Waals surface area contributed by atoms with Gasteiger partial charge in [-0.15, -0.1) is 0 Å². The van der Waals surface area contributed by atoms with Crippen LogP contribution in [0.3, 0.4) is 0 Å². The SMILES string of the molecule is NP(=O)(O)Oc1ncc[nH]1. The number of hydrogen-bond donors (Lipinski definition) is 3.